The Morgan fingerprint density at radius 1 is 1.52 bits per heavy atom. The summed E-state index contributed by atoms with van der Waals surface area (Å²) in [6.07, 6.45) is 0.851. The van der Waals surface area contributed by atoms with Gasteiger partial charge in [-0.3, -0.25) is 4.90 Å². The molecule has 1 aliphatic heterocycles. The zero-order valence-electron chi connectivity index (χ0n) is 14.4. The van der Waals surface area contributed by atoms with Gasteiger partial charge in [-0.05, 0) is 20.8 Å². The number of amides is 1. The van der Waals surface area contributed by atoms with Gasteiger partial charge in [0, 0.05) is 18.2 Å². The number of anilines is 1. The normalized spacial score (nSPS) is 24.0. The highest BCUT2D eigenvalue weighted by Gasteiger charge is 2.47. The van der Waals surface area contributed by atoms with Crippen LogP contribution < -0.4 is 5.73 Å². The molecule has 1 fully saturated rings. The number of rotatable bonds is 2. The Kier molecular flexibility index (Phi) is 4.28. The van der Waals surface area contributed by atoms with Crippen LogP contribution >= 0.6 is 0 Å². The van der Waals surface area contributed by atoms with Gasteiger partial charge in [0.1, 0.15) is 23.6 Å². The third kappa shape index (κ3) is 3.11. The first-order chi connectivity index (χ1) is 11.7. The lowest BCUT2D eigenvalue weighted by Crippen LogP contribution is -2.43. The molecule has 0 radical (unpaired) electrons. The Balaban J connectivity index is 2.04. The predicted molar refractivity (Wildman–Crippen MR) is 89.5 cm³/mol. The molecule has 0 spiro atoms. The molecule has 3 unspecified atom stereocenters. The predicted octanol–water partition coefficient (Wildman–Crippen LogP) is 1.92. The summed E-state index contributed by atoms with van der Waals surface area (Å²) in [5, 5.41) is 9.60. The minimum Gasteiger partial charge on any atom is -0.444 e. The number of fused-ring (bicyclic) bond motifs is 1. The number of nitrogens with zero attached hydrogens (tertiary/aromatic N) is 3. The summed E-state index contributed by atoms with van der Waals surface area (Å²) >= 11 is 0. The molecule has 9 heteroatoms. The highest BCUT2D eigenvalue weighted by molar-refractivity contribution is 5.88. The van der Waals surface area contributed by atoms with Gasteiger partial charge in [-0.1, -0.05) is 0 Å². The van der Waals surface area contributed by atoms with Gasteiger partial charge in [-0.25, -0.2) is 19.2 Å². The number of aromatic amines is 1. The van der Waals surface area contributed by atoms with Gasteiger partial charge in [0.05, 0.1) is 24.2 Å². The first-order valence-corrected chi connectivity index (χ1v) is 8.06. The van der Waals surface area contributed by atoms with Crippen LogP contribution in [0.3, 0.4) is 0 Å². The summed E-state index contributed by atoms with van der Waals surface area (Å²) in [5.41, 5.74) is 6.50. The summed E-state index contributed by atoms with van der Waals surface area (Å²) < 4.78 is 20.2. The Morgan fingerprint density at radius 3 is 2.88 bits per heavy atom. The third-order valence-corrected chi connectivity index (χ3v) is 4.19. The number of nitrogen functional groups attached to an aromatic ring is 1. The number of aromatic nitrogens is 3. The number of aliphatic hydroxyl groups excluding tert-OH is 1. The number of alkyl halides is 1. The van der Waals surface area contributed by atoms with E-state index in [1.165, 1.54) is 11.2 Å². The van der Waals surface area contributed by atoms with Gasteiger partial charge >= 0.3 is 6.09 Å². The van der Waals surface area contributed by atoms with E-state index in [2.05, 4.69) is 15.0 Å². The smallest absolute Gasteiger partial charge is 0.411 e. The van der Waals surface area contributed by atoms with Gasteiger partial charge < -0.3 is 20.6 Å². The zero-order valence-corrected chi connectivity index (χ0v) is 14.4. The number of hydrogen-bond acceptors (Lipinski definition) is 6. The molecule has 0 aromatic carbocycles. The van der Waals surface area contributed by atoms with Crippen molar-refractivity contribution in [3.63, 3.8) is 0 Å². The van der Waals surface area contributed by atoms with E-state index in [4.69, 9.17) is 10.5 Å². The maximum Gasteiger partial charge on any atom is 0.411 e. The average Bonchev–Trinajstić information content (AvgIpc) is 3.06. The molecule has 25 heavy (non-hydrogen) atoms. The Hall–Kier alpha value is -2.42. The number of halogens is 1. The lowest BCUT2D eigenvalue weighted by atomic mass is 10.1. The summed E-state index contributed by atoms with van der Waals surface area (Å²) in [6.45, 7) is 4.85. The number of carbonyl (C=O) groups is 1. The number of likely N-dealkylation sites (tertiary alicyclic amines) is 1. The monoisotopic (exact) mass is 351 g/mol. The second-order valence-corrected chi connectivity index (χ2v) is 7.15. The number of nitrogens with one attached hydrogen (secondary N) is 1. The quantitative estimate of drug-likeness (QED) is 0.761. The van der Waals surface area contributed by atoms with Crippen molar-refractivity contribution < 1.29 is 19.0 Å². The number of aliphatic hydroxyl groups is 1. The van der Waals surface area contributed by atoms with Crippen LogP contribution in [-0.2, 0) is 4.74 Å². The molecule has 1 aliphatic rings. The molecule has 3 atom stereocenters. The summed E-state index contributed by atoms with van der Waals surface area (Å²) in [6, 6.07) is -1.59. The first kappa shape index (κ1) is 17.4. The molecule has 1 saturated heterocycles. The number of hydrogen-bond donors (Lipinski definition) is 3. The van der Waals surface area contributed by atoms with E-state index < -0.39 is 29.9 Å². The van der Waals surface area contributed by atoms with Crippen LogP contribution in [0.2, 0.25) is 0 Å². The van der Waals surface area contributed by atoms with Crippen molar-refractivity contribution in [3.8, 4) is 0 Å². The van der Waals surface area contributed by atoms with Gasteiger partial charge in [-0.2, -0.15) is 0 Å². The average molecular weight is 351 g/mol. The molecule has 0 saturated carbocycles. The minimum absolute atomic E-state index is 0.0215. The Morgan fingerprint density at radius 2 is 2.24 bits per heavy atom. The largest absolute Gasteiger partial charge is 0.444 e. The fraction of sp³-hybridized carbons (Fsp3) is 0.562. The summed E-state index contributed by atoms with van der Waals surface area (Å²) in [7, 11) is 0. The highest BCUT2D eigenvalue weighted by atomic mass is 19.1. The van der Waals surface area contributed by atoms with E-state index in [0.29, 0.717) is 16.6 Å². The fourth-order valence-electron chi connectivity index (χ4n) is 3.19. The Labute approximate surface area is 144 Å². The molecule has 0 aliphatic carbocycles. The van der Waals surface area contributed by atoms with E-state index in [9.17, 15) is 14.3 Å². The van der Waals surface area contributed by atoms with E-state index in [1.807, 2.05) is 0 Å². The molecule has 2 aromatic rings. The fourth-order valence-corrected chi connectivity index (χ4v) is 3.19. The molecule has 1 amide bonds. The summed E-state index contributed by atoms with van der Waals surface area (Å²) in [5.74, 6) is 0.243. The number of ether oxygens (including phenoxy) is 1. The van der Waals surface area contributed by atoms with Crippen molar-refractivity contribution in [2.45, 2.75) is 51.0 Å². The molecular weight excluding hydrogens is 329 g/mol. The Bertz CT molecular complexity index is 788. The molecule has 2 aromatic heterocycles. The van der Waals surface area contributed by atoms with Crippen LogP contribution in [0.1, 0.15) is 38.8 Å². The van der Waals surface area contributed by atoms with Crippen molar-refractivity contribution in [2.75, 3.05) is 12.3 Å². The van der Waals surface area contributed by atoms with E-state index in [1.54, 1.807) is 27.0 Å². The van der Waals surface area contributed by atoms with Crippen molar-refractivity contribution in [1.82, 2.24) is 19.9 Å². The zero-order chi connectivity index (χ0) is 18.4. The van der Waals surface area contributed by atoms with E-state index >= 15 is 0 Å². The number of carbonyl (C=O) groups excluding carboxylic acids is 1. The molecule has 0 bridgehead atoms. The van der Waals surface area contributed by atoms with Crippen LogP contribution in [0.25, 0.3) is 11.0 Å². The lowest BCUT2D eigenvalue weighted by Gasteiger charge is -2.31. The van der Waals surface area contributed by atoms with E-state index in [-0.39, 0.29) is 18.8 Å². The van der Waals surface area contributed by atoms with Crippen molar-refractivity contribution in [2.24, 2.45) is 0 Å². The van der Waals surface area contributed by atoms with Crippen molar-refractivity contribution in [1.29, 1.82) is 0 Å². The molecule has 8 nitrogen and oxygen atoms in total. The van der Waals surface area contributed by atoms with Gasteiger partial charge in [0.15, 0.2) is 5.82 Å². The van der Waals surface area contributed by atoms with E-state index in [0.717, 1.165) is 0 Å². The van der Waals surface area contributed by atoms with Gasteiger partial charge in [-0.15, -0.1) is 0 Å². The maximum atomic E-state index is 14.8. The highest BCUT2D eigenvalue weighted by Crippen LogP contribution is 2.41. The SMILES string of the molecule is CC(C)(C)OC(=O)N1C(CO)CC(F)C1c1c[nH]c2c(N)ncnc12. The maximum absolute atomic E-state index is 14.8. The van der Waals surface area contributed by atoms with Crippen molar-refractivity contribution in [3.05, 3.63) is 18.1 Å². The number of nitrogens with two attached hydrogens (primary N) is 1. The molecule has 136 valence electrons. The third-order valence-electron chi connectivity index (χ3n) is 4.19. The van der Waals surface area contributed by atoms with Crippen LogP contribution in [0.15, 0.2) is 12.5 Å². The van der Waals surface area contributed by atoms with Crippen LogP contribution in [-0.4, -0.2) is 55.5 Å². The van der Waals surface area contributed by atoms with Crippen LogP contribution in [0, 0.1) is 0 Å². The minimum atomic E-state index is -1.36. The van der Waals surface area contributed by atoms with Gasteiger partial charge in [0.2, 0.25) is 0 Å². The second kappa shape index (κ2) is 6.14. The number of H-pyrrole nitrogens is 1. The molecule has 3 rings (SSSR count). The van der Waals surface area contributed by atoms with Crippen LogP contribution in [0.4, 0.5) is 15.0 Å². The molecule has 3 heterocycles. The topological polar surface area (TPSA) is 117 Å². The molecule has 4 N–H and O–H groups in total. The molecular formula is C16H22FN5O3. The summed E-state index contributed by atoms with van der Waals surface area (Å²) in [4.78, 5) is 24.9. The first-order valence-electron chi connectivity index (χ1n) is 8.06. The van der Waals surface area contributed by atoms with Crippen LogP contribution in [0.5, 0.6) is 0 Å². The van der Waals surface area contributed by atoms with Gasteiger partial charge in [0.25, 0.3) is 0 Å². The lowest BCUT2D eigenvalue weighted by molar-refractivity contribution is 0.00659. The van der Waals surface area contributed by atoms with Crippen molar-refractivity contribution >= 4 is 22.9 Å². The second-order valence-electron chi connectivity index (χ2n) is 7.15. The standard InChI is InChI=1S/C16H22FN5O3/c1-16(2,3)25-15(24)22-8(6-23)4-10(17)13(22)9-5-19-12-11(9)20-7-21-14(12)18/h5,7-8,10,13,19,23H,4,6H2,1-3H3,(H2,18,20,21).